The zero-order valence-electron chi connectivity index (χ0n) is 13.0. The fraction of sp³-hybridized carbons (Fsp3) is 0.750. The van der Waals surface area contributed by atoms with E-state index < -0.39 is 6.09 Å². The van der Waals surface area contributed by atoms with E-state index in [0.29, 0.717) is 19.6 Å². The summed E-state index contributed by atoms with van der Waals surface area (Å²) in [6.07, 6.45) is 5.27. The Hall–Kier alpha value is -1.56. The van der Waals surface area contributed by atoms with Gasteiger partial charge in [0.15, 0.2) is 0 Å². The van der Waals surface area contributed by atoms with Crippen LogP contribution >= 0.6 is 0 Å². The molecule has 6 heteroatoms. The van der Waals surface area contributed by atoms with Crippen LogP contribution in [0.1, 0.15) is 38.5 Å². The molecule has 0 unspecified atom stereocenters. The Bertz CT molecular complexity index is 469. The number of ether oxygens (including phenoxy) is 2. The summed E-state index contributed by atoms with van der Waals surface area (Å²) in [5.74, 6) is -0.109. The maximum atomic E-state index is 12.2. The number of carbonyl (C=O) groups is 2. The summed E-state index contributed by atoms with van der Waals surface area (Å²) in [6.45, 7) is 4.19. The summed E-state index contributed by atoms with van der Waals surface area (Å²) in [5, 5.41) is 0. The molecule has 0 aromatic carbocycles. The van der Waals surface area contributed by atoms with E-state index in [1.54, 1.807) is 0 Å². The average molecular weight is 308 g/mol. The Balaban J connectivity index is 1.61. The highest BCUT2D eigenvalue weighted by atomic mass is 16.6. The molecule has 3 rings (SSSR count). The van der Waals surface area contributed by atoms with Gasteiger partial charge in [0, 0.05) is 25.2 Å². The highest BCUT2D eigenvalue weighted by molar-refractivity contribution is 5.93. The molecular formula is C16H24N2O4. The van der Waals surface area contributed by atoms with Gasteiger partial charge in [-0.3, -0.25) is 4.79 Å². The van der Waals surface area contributed by atoms with Crippen LogP contribution in [0.15, 0.2) is 11.3 Å². The number of carbonyl (C=O) groups excluding carboxylic acids is 2. The molecule has 0 aromatic heterocycles. The summed E-state index contributed by atoms with van der Waals surface area (Å²) >= 11 is 0. The van der Waals surface area contributed by atoms with E-state index >= 15 is 0 Å². The lowest BCUT2D eigenvalue weighted by molar-refractivity contribution is -0.127. The Morgan fingerprint density at radius 3 is 2.55 bits per heavy atom. The molecule has 0 aromatic rings. The van der Waals surface area contributed by atoms with E-state index in [1.165, 1.54) is 29.0 Å². The first kappa shape index (κ1) is 15.3. The second kappa shape index (κ2) is 7.13. The van der Waals surface area contributed by atoms with Crippen LogP contribution in [0.25, 0.3) is 0 Å². The standard InChI is InChI=1S/C16H24N2O4/c19-15(18-9-12-22-16(18)20)6-5-13-3-1-2-4-14(13)17-7-10-21-11-8-17/h1-12H2. The third-order valence-electron chi connectivity index (χ3n) is 4.65. The Kier molecular flexibility index (Phi) is 4.97. The maximum absolute atomic E-state index is 12.2. The van der Waals surface area contributed by atoms with Crippen molar-refractivity contribution >= 4 is 12.0 Å². The van der Waals surface area contributed by atoms with Crippen molar-refractivity contribution in [1.82, 2.24) is 9.80 Å². The molecule has 0 bridgehead atoms. The van der Waals surface area contributed by atoms with Crippen molar-refractivity contribution in [2.75, 3.05) is 39.5 Å². The summed E-state index contributed by atoms with van der Waals surface area (Å²) in [5.41, 5.74) is 2.82. The summed E-state index contributed by atoms with van der Waals surface area (Å²) in [4.78, 5) is 27.2. The van der Waals surface area contributed by atoms with Gasteiger partial charge in [0.1, 0.15) is 6.61 Å². The van der Waals surface area contributed by atoms with Gasteiger partial charge in [0.2, 0.25) is 5.91 Å². The lowest BCUT2D eigenvalue weighted by Crippen LogP contribution is -2.37. The topological polar surface area (TPSA) is 59.1 Å². The minimum Gasteiger partial charge on any atom is -0.447 e. The molecule has 2 heterocycles. The molecule has 1 aliphatic carbocycles. The molecule has 3 aliphatic rings. The van der Waals surface area contributed by atoms with Crippen LogP contribution in [0, 0.1) is 0 Å². The molecule has 0 radical (unpaired) electrons. The first-order valence-electron chi connectivity index (χ1n) is 8.26. The molecule has 22 heavy (non-hydrogen) atoms. The second-order valence-electron chi connectivity index (χ2n) is 6.02. The van der Waals surface area contributed by atoms with Crippen LogP contribution in [0.5, 0.6) is 0 Å². The van der Waals surface area contributed by atoms with Crippen molar-refractivity contribution in [1.29, 1.82) is 0 Å². The van der Waals surface area contributed by atoms with E-state index in [0.717, 1.165) is 45.6 Å². The summed E-state index contributed by atoms with van der Waals surface area (Å²) in [7, 11) is 0. The predicted molar refractivity (Wildman–Crippen MR) is 80.2 cm³/mol. The minimum atomic E-state index is -0.490. The minimum absolute atomic E-state index is 0.109. The highest BCUT2D eigenvalue weighted by Gasteiger charge is 2.28. The normalized spacial score (nSPS) is 23.0. The smallest absolute Gasteiger partial charge is 0.416 e. The fourth-order valence-corrected chi connectivity index (χ4v) is 3.45. The van der Waals surface area contributed by atoms with Crippen LogP contribution < -0.4 is 0 Å². The van der Waals surface area contributed by atoms with Gasteiger partial charge in [0.25, 0.3) is 0 Å². The van der Waals surface area contributed by atoms with Crippen LogP contribution in [-0.2, 0) is 14.3 Å². The van der Waals surface area contributed by atoms with Gasteiger partial charge in [0.05, 0.1) is 19.8 Å². The molecule has 6 nitrogen and oxygen atoms in total. The molecule has 122 valence electrons. The molecule has 0 spiro atoms. The number of morpholine rings is 1. The first-order valence-corrected chi connectivity index (χ1v) is 8.26. The van der Waals surface area contributed by atoms with Crippen molar-refractivity contribution in [2.24, 2.45) is 0 Å². The molecule has 2 fully saturated rings. The Morgan fingerprint density at radius 1 is 1.05 bits per heavy atom. The fourth-order valence-electron chi connectivity index (χ4n) is 3.45. The number of cyclic esters (lactones) is 1. The SMILES string of the molecule is O=C(CCC1=C(N2CCOCC2)CCCC1)N1CCOC1=O. The van der Waals surface area contributed by atoms with E-state index in [4.69, 9.17) is 9.47 Å². The zero-order valence-corrected chi connectivity index (χ0v) is 13.0. The Morgan fingerprint density at radius 2 is 1.82 bits per heavy atom. The number of hydrogen-bond donors (Lipinski definition) is 0. The second-order valence-corrected chi connectivity index (χ2v) is 6.02. The largest absolute Gasteiger partial charge is 0.447 e. The number of amides is 2. The van der Waals surface area contributed by atoms with Gasteiger partial charge in [-0.05, 0) is 32.1 Å². The summed E-state index contributed by atoms with van der Waals surface area (Å²) < 4.78 is 10.3. The lowest BCUT2D eigenvalue weighted by atomic mass is 9.92. The number of hydrogen-bond acceptors (Lipinski definition) is 5. The van der Waals surface area contributed by atoms with Crippen molar-refractivity contribution in [2.45, 2.75) is 38.5 Å². The van der Waals surface area contributed by atoms with Gasteiger partial charge in [-0.25, -0.2) is 9.69 Å². The monoisotopic (exact) mass is 308 g/mol. The lowest BCUT2D eigenvalue weighted by Gasteiger charge is -2.35. The molecule has 2 amide bonds. The van der Waals surface area contributed by atoms with Crippen molar-refractivity contribution < 1.29 is 19.1 Å². The molecular weight excluding hydrogens is 284 g/mol. The van der Waals surface area contributed by atoms with Crippen molar-refractivity contribution in [3.8, 4) is 0 Å². The molecule has 0 N–H and O–H groups in total. The van der Waals surface area contributed by atoms with Crippen molar-refractivity contribution in [3.05, 3.63) is 11.3 Å². The van der Waals surface area contributed by atoms with E-state index in [1.807, 2.05) is 0 Å². The summed E-state index contributed by atoms with van der Waals surface area (Å²) in [6, 6.07) is 0. The third-order valence-corrected chi connectivity index (χ3v) is 4.65. The highest BCUT2D eigenvalue weighted by Crippen LogP contribution is 2.31. The predicted octanol–water partition coefficient (Wildman–Crippen LogP) is 1.91. The van der Waals surface area contributed by atoms with Crippen LogP contribution in [-0.4, -0.2) is 61.3 Å². The van der Waals surface area contributed by atoms with Gasteiger partial charge < -0.3 is 14.4 Å². The molecule has 0 atom stereocenters. The van der Waals surface area contributed by atoms with Gasteiger partial charge in [-0.2, -0.15) is 0 Å². The first-order chi connectivity index (χ1) is 10.8. The number of rotatable bonds is 4. The van der Waals surface area contributed by atoms with E-state index in [-0.39, 0.29) is 5.91 Å². The number of imide groups is 1. The van der Waals surface area contributed by atoms with Crippen molar-refractivity contribution in [3.63, 3.8) is 0 Å². The van der Waals surface area contributed by atoms with E-state index in [9.17, 15) is 9.59 Å². The Labute approximate surface area is 131 Å². The van der Waals surface area contributed by atoms with Gasteiger partial charge in [-0.15, -0.1) is 0 Å². The van der Waals surface area contributed by atoms with Gasteiger partial charge >= 0.3 is 6.09 Å². The van der Waals surface area contributed by atoms with Crippen LogP contribution in [0.2, 0.25) is 0 Å². The quantitative estimate of drug-likeness (QED) is 0.794. The molecule has 2 aliphatic heterocycles. The van der Waals surface area contributed by atoms with Crippen LogP contribution in [0.3, 0.4) is 0 Å². The van der Waals surface area contributed by atoms with Crippen LogP contribution in [0.4, 0.5) is 4.79 Å². The maximum Gasteiger partial charge on any atom is 0.416 e. The molecule has 2 saturated heterocycles. The number of allylic oxidation sites excluding steroid dienone is 2. The zero-order chi connectivity index (χ0) is 15.4. The number of nitrogens with zero attached hydrogens (tertiary/aromatic N) is 2. The van der Waals surface area contributed by atoms with E-state index in [2.05, 4.69) is 4.90 Å². The average Bonchev–Trinajstić information content (AvgIpc) is 3.00. The third kappa shape index (κ3) is 3.43. The van der Waals surface area contributed by atoms with Gasteiger partial charge in [-0.1, -0.05) is 5.57 Å². The molecule has 0 saturated carbocycles.